The molecular formula is C17H21N3O4. The number of carboxylic acids is 1. The number of ether oxygens (including phenoxy) is 1. The largest absolute Gasteiger partial charge is 0.497 e. The first-order chi connectivity index (χ1) is 11.4. The molecule has 2 N–H and O–H groups in total. The van der Waals surface area contributed by atoms with Crippen LogP contribution in [0.3, 0.4) is 0 Å². The summed E-state index contributed by atoms with van der Waals surface area (Å²) in [5.74, 6) is -0.936. The molecule has 0 aliphatic rings. The van der Waals surface area contributed by atoms with Gasteiger partial charge in [-0.15, -0.1) is 0 Å². The fourth-order valence-corrected chi connectivity index (χ4v) is 2.22. The predicted octanol–water partition coefficient (Wildman–Crippen LogP) is 1.78. The Morgan fingerprint density at radius 1 is 1.29 bits per heavy atom. The summed E-state index contributed by atoms with van der Waals surface area (Å²) in [4.78, 5) is 23.3. The number of hydrogen-bond acceptors (Lipinski definition) is 4. The lowest BCUT2D eigenvalue weighted by molar-refractivity contribution is -0.140. The number of carboxylic acid groups (broad SMARTS) is 1. The first kappa shape index (κ1) is 17.5. The third-order valence-corrected chi connectivity index (χ3v) is 3.62. The molecule has 0 aliphatic heterocycles. The van der Waals surface area contributed by atoms with E-state index in [1.165, 1.54) is 6.20 Å². The van der Waals surface area contributed by atoms with Gasteiger partial charge in [0.1, 0.15) is 11.8 Å². The van der Waals surface area contributed by atoms with Gasteiger partial charge in [0.2, 0.25) is 0 Å². The SMILES string of the molecule is COc1ccc(Cn2cc(C(=O)N[C@H](C(=O)O)C(C)C)cn2)cc1. The van der Waals surface area contributed by atoms with Crippen molar-refractivity contribution in [3.8, 4) is 5.75 Å². The van der Waals surface area contributed by atoms with E-state index >= 15 is 0 Å². The monoisotopic (exact) mass is 331 g/mol. The van der Waals surface area contributed by atoms with Gasteiger partial charge in [0.25, 0.3) is 5.91 Å². The zero-order chi connectivity index (χ0) is 17.7. The Kier molecular flexibility index (Phi) is 5.57. The van der Waals surface area contributed by atoms with E-state index in [4.69, 9.17) is 9.84 Å². The van der Waals surface area contributed by atoms with Crippen molar-refractivity contribution in [3.05, 3.63) is 47.8 Å². The van der Waals surface area contributed by atoms with Gasteiger partial charge < -0.3 is 15.2 Å². The lowest BCUT2D eigenvalue weighted by atomic mass is 10.0. The van der Waals surface area contributed by atoms with Gasteiger partial charge in [-0.3, -0.25) is 9.48 Å². The Bertz CT molecular complexity index is 707. The molecule has 0 fully saturated rings. The first-order valence-electron chi connectivity index (χ1n) is 7.59. The molecule has 0 spiro atoms. The van der Waals surface area contributed by atoms with Crippen molar-refractivity contribution < 1.29 is 19.4 Å². The number of nitrogens with zero attached hydrogens (tertiary/aromatic N) is 2. The molecule has 0 unspecified atom stereocenters. The summed E-state index contributed by atoms with van der Waals surface area (Å²) in [6.45, 7) is 3.99. The number of carbonyl (C=O) groups is 2. The number of aliphatic carboxylic acids is 1. The summed E-state index contributed by atoms with van der Waals surface area (Å²) in [6.07, 6.45) is 3.02. The maximum Gasteiger partial charge on any atom is 0.326 e. The quantitative estimate of drug-likeness (QED) is 0.806. The Morgan fingerprint density at radius 3 is 2.50 bits per heavy atom. The second kappa shape index (κ2) is 7.63. The van der Waals surface area contributed by atoms with Crippen LogP contribution in [0, 0.1) is 5.92 Å². The smallest absolute Gasteiger partial charge is 0.326 e. The van der Waals surface area contributed by atoms with Gasteiger partial charge in [-0.2, -0.15) is 5.10 Å². The van der Waals surface area contributed by atoms with Crippen LogP contribution in [-0.2, 0) is 11.3 Å². The van der Waals surface area contributed by atoms with E-state index in [1.54, 1.807) is 31.8 Å². The summed E-state index contributed by atoms with van der Waals surface area (Å²) in [7, 11) is 1.61. The van der Waals surface area contributed by atoms with Crippen molar-refractivity contribution in [1.29, 1.82) is 0 Å². The Labute approximate surface area is 140 Å². The number of amides is 1. The standard InChI is InChI=1S/C17H21N3O4/c1-11(2)15(17(22)23)19-16(21)13-8-18-20(10-13)9-12-4-6-14(24-3)7-5-12/h4-8,10-11,15H,9H2,1-3H3,(H,19,21)(H,22,23)/t15-/m0/s1. The maximum absolute atomic E-state index is 12.2. The molecule has 0 saturated carbocycles. The van der Waals surface area contributed by atoms with Gasteiger partial charge in [0.15, 0.2) is 0 Å². The van der Waals surface area contributed by atoms with Gasteiger partial charge in [-0.05, 0) is 23.6 Å². The number of nitrogens with one attached hydrogen (secondary N) is 1. The molecule has 0 bridgehead atoms. The molecule has 7 heteroatoms. The van der Waals surface area contributed by atoms with E-state index in [9.17, 15) is 9.59 Å². The highest BCUT2D eigenvalue weighted by Gasteiger charge is 2.24. The highest BCUT2D eigenvalue weighted by molar-refractivity contribution is 5.96. The number of aromatic nitrogens is 2. The average molecular weight is 331 g/mol. The van der Waals surface area contributed by atoms with Crippen LogP contribution in [0.4, 0.5) is 0 Å². The third kappa shape index (κ3) is 4.34. The zero-order valence-corrected chi connectivity index (χ0v) is 13.9. The zero-order valence-electron chi connectivity index (χ0n) is 13.9. The van der Waals surface area contributed by atoms with Crippen LogP contribution < -0.4 is 10.1 Å². The van der Waals surface area contributed by atoms with E-state index < -0.39 is 17.9 Å². The van der Waals surface area contributed by atoms with Gasteiger partial charge in [0, 0.05) is 6.20 Å². The molecule has 128 valence electrons. The van der Waals surface area contributed by atoms with E-state index in [-0.39, 0.29) is 5.92 Å². The summed E-state index contributed by atoms with van der Waals surface area (Å²) in [6, 6.07) is 6.61. The molecule has 1 heterocycles. The lowest BCUT2D eigenvalue weighted by Gasteiger charge is -2.17. The molecule has 0 radical (unpaired) electrons. The molecule has 24 heavy (non-hydrogen) atoms. The molecule has 0 aliphatic carbocycles. The van der Waals surface area contributed by atoms with Crippen LogP contribution in [-0.4, -0.2) is 39.9 Å². The van der Waals surface area contributed by atoms with Crippen LogP contribution in [0.5, 0.6) is 5.75 Å². The van der Waals surface area contributed by atoms with Crippen molar-refractivity contribution in [1.82, 2.24) is 15.1 Å². The van der Waals surface area contributed by atoms with Gasteiger partial charge in [-0.1, -0.05) is 26.0 Å². The average Bonchev–Trinajstić information content (AvgIpc) is 3.01. The topological polar surface area (TPSA) is 93.5 Å². The van der Waals surface area contributed by atoms with Crippen LogP contribution in [0.1, 0.15) is 29.8 Å². The van der Waals surface area contributed by atoms with Crippen molar-refractivity contribution >= 4 is 11.9 Å². The molecule has 0 saturated heterocycles. The Morgan fingerprint density at radius 2 is 1.96 bits per heavy atom. The van der Waals surface area contributed by atoms with Gasteiger partial charge in [0.05, 0.1) is 25.4 Å². The molecule has 2 rings (SSSR count). The van der Waals surface area contributed by atoms with Gasteiger partial charge in [-0.25, -0.2) is 4.79 Å². The van der Waals surface area contributed by atoms with Gasteiger partial charge >= 0.3 is 5.97 Å². The summed E-state index contributed by atoms with van der Waals surface area (Å²) < 4.78 is 6.73. The van der Waals surface area contributed by atoms with Crippen LogP contribution >= 0.6 is 0 Å². The van der Waals surface area contributed by atoms with E-state index in [2.05, 4.69) is 10.4 Å². The predicted molar refractivity (Wildman–Crippen MR) is 88.1 cm³/mol. The highest BCUT2D eigenvalue weighted by Crippen LogP contribution is 2.12. The molecule has 7 nitrogen and oxygen atoms in total. The normalized spacial score (nSPS) is 12.0. The minimum atomic E-state index is -1.05. The molecule has 1 aromatic heterocycles. The third-order valence-electron chi connectivity index (χ3n) is 3.62. The Hall–Kier alpha value is -2.83. The summed E-state index contributed by atoms with van der Waals surface area (Å²) in [5, 5.41) is 15.8. The summed E-state index contributed by atoms with van der Waals surface area (Å²) >= 11 is 0. The van der Waals surface area contributed by atoms with Crippen molar-refractivity contribution in [3.63, 3.8) is 0 Å². The molecule has 1 amide bonds. The number of rotatable bonds is 7. The Balaban J connectivity index is 2.03. The molecule has 1 atom stereocenters. The molecule has 2 aromatic rings. The van der Waals surface area contributed by atoms with E-state index in [1.807, 2.05) is 24.3 Å². The fourth-order valence-electron chi connectivity index (χ4n) is 2.22. The van der Waals surface area contributed by atoms with Crippen molar-refractivity contribution in [2.45, 2.75) is 26.4 Å². The number of benzene rings is 1. The van der Waals surface area contributed by atoms with E-state index in [0.717, 1.165) is 11.3 Å². The number of methoxy groups -OCH3 is 1. The van der Waals surface area contributed by atoms with Crippen molar-refractivity contribution in [2.75, 3.05) is 7.11 Å². The van der Waals surface area contributed by atoms with Crippen molar-refractivity contribution in [2.24, 2.45) is 5.92 Å². The lowest BCUT2D eigenvalue weighted by Crippen LogP contribution is -2.44. The number of carbonyl (C=O) groups excluding carboxylic acids is 1. The molecule has 1 aromatic carbocycles. The minimum absolute atomic E-state index is 0.208. The fraction of sp³-hybridized carbons (Fsp3) is 0.353. The first-order valence-corrected chi connectivity index (χ1v) is 7.59. The second-order valence-electron chi connectivity index (χ2n) is 5.81. The maximum atomic E-state index is 12.2. The molecular weight excluding hydrogens is 310 g/mol. The second-order valence-corrected chi connectivity index (χ2v) is 5.81. The van der Waals surface area contributed by atoms with E-state index in [0.29, 0.717) is 12.1 Å². The van der Waals surface area contributed by atoms with Crippen LogP contribution in [0.25, 0.3) is 0 Å². The number of hydrogen-bond donors (Lipinski definition) is 2. The highest BCUT2D eigenvalue weighted by atomic mass is 16.5. The van der Waals surface area contributed by atoms with Crippen LogP contribution in [0.2, 0.25) is 0 Å². The summed E-state index contributed by atoms with van der Waals surface area (Å²) in [5.41, 5.74) is 1.34. The van der Waals surface area contributed by atoms with Crippen LogP contribution in [0.15, 0.2) is 36.7 Å². The minimum Gasteiger partial charge on any atom is -0.497 e.